The Morgan fingerprint density at radius 1 is 1.35 bits per heavy atom. The van der Waals surface area contributed by atoms with E-state index in [9.17, 15) is 5.11 Å². The lowest BCUT2D eigenvalue weighted by atomic mass is 9.96. The van der Waals surface area contributed by atoms with Crippen LogP contribution in [0.4, 0.5) is 5.69 Å². The molecule has 3 heteroatoms. The molecule has 1 aromatic heterocycles. The second-order valence-electron chi connectivity index (χ2n) is 5.78. The van der Waals surface area contributed by atoms with Gasteiger partial charge in [-0.3, -0.25) is 4.98 Å². The molecule has 0 spiro atoms. The lowest BCUT2D eigenvalue weighted by Gasteiger charge is -2.28. The summed E-state index contributed by atoms with van der Waals surface area (Å²) in [6.07, 6.45) is 2.08. The molecule has 0 aliphatic heterocycles. The Bertz CT molecular complexity index is 340. The van der Waals surface area contributed by atoms with Crippen molar-refractivity contribution in [3.8, 4) is 0 Å². The Kier molecular flexibility index (Phi) is 4.52. The summed E-state index contributed by atoms with van der Waals surface area (Å²) in [7, 11) is 2.07. The van der Waals surface area contributed by atoms with Crippen molar-refractivity contribution in [3.05, 3.63) is 24.0 Å². The maximum Gasteiger partial charge on any atom is 0.0957 e. The molecule has 0 unspecified atom stereocenters. The van der Waals surface area contributed by atoms with E-state index in [-0.39, 0.29) is 5.41 Å². The monoisotopic (exact) mass is 236 g/mol. The van der Waals surface area contributed by atoms with Crippen LogP contribution in [0.25, 0.3) is 0 Å². The van der Waals surface area contributed by atoms with E-state index in [4.69, 9.17) is 0 Å². The molecule has 0 bridgehead atoms. The number of anilines is 1. The van der Waals surface area contributed by atoms with E-state index in [1.165, 1.54) is 0 Å². The number of pyridine rings is 1. The molecular weight excluding hydrogens is 212 g/mol. The molecule has 1 atom stereocenters. The molecule has 0 saturated carbocycles. The predicted molar refractivity (Wildman–Crippen MR) is 72.2 cm³/mol. The van der Waals surface area contributed by atoms with Crippen molar-refractivity contribution in [2.45, 2.75) is 40.2 Å². The highest BCUT2D eigenvalue weighted by molar-refractivity contribution is 5.44. The van der Waals surface area contributed by atoms with Crippen LogP contribution in [-0.4, -0.2) is 23.7 Å². The summed E-state index contributed by atoms with van der Waals surface area (Å²) in [4.78, 5) is 6.50. The van der Waals surface area contributed by atoms with E-state index in [2.05, 4.69) is 37.7 Å². The summed E-state index contributed by atoms with van der Waals surface area (Å²) >= 11 is 0. The highest BCUT2D eigenvalue weighted by Gasteiger charge is 2.14. The SMILES string of the molecule is CC[C@@H](O)c1ccc(N(C)CC(C)(C)C)cn1. The summed E-state index contributed by atoms with van der Waals surface area (Å²) in [6.45, 7) is 9.57. The minimum absolute atomic E-state index is 0.260. The average molecular weight is 236 g/mol. The first-order valence-corrected chi connectivity index (χ1v) is 6.18. The standard InChI is InChI=1S/C14H24N2O/c1-6-13(17)12-8-7-11(9-15-12)16(5)10-14(2,3)4/h7-9,13,17H,6,10H2,1-5H3/t13-/m1/s1. The van der Waals surface area contributed by atoms with Crippen LogP contribution in [0.5, 0.6) is 0 Å². The number of aromatic nitrogens is 1. The third-order valence-corrected chi connectivity index (χ3v) is 2.65. The molecule has 1 rings (SSSR count). The van der Waals surface area contributed by atoms with Crippen molar-refractivity contribution in [3.63, 3.8) is 0 Å². The maximum absolute atomic E-state index is 9.67. The zero-order valence-corrected chi connectivity index (χ0v) is 11.6. The van der Waals surface area contributed by atoms with E-state index in [1.54, 1.807) is 0 Å². The van der Waals surface area contributed by atoms with E-state index in [1.807, 2.05) is 25.3 Å². The number of aliphatic hydroxyl groups excluding tert-OH is 1. The maximum atomic E-state index is 9.67. The summed E-state index contributed by atoms with van der Waals surface area (Å²) in [6, 6.07) is 3.93. The Hall–Kier alpha value is -1.09. The zero-order valence-electron chi connectivity index (χ0n) is 11.6. The highest BCUT2D eigenvalue weighted by atomic mass is 16.3. The minimum Gasteiger partial charge on any atom is -0.387 e. The Morgan fingerprint density at radius 2 is 2.00 bits per heavy atom. The quantitative estimate of drug-likeness (QED) is 0.873. The molecule has 17 heavy (non-hydrogen) atoms. The second-order valence-corrected chi connectivity index (χ2v) is 5.78. The fraction of sp³-hybridized carbons (Fsp3) is 0.643. The molecule has 0 aliphatic carbocycles. The van der Waals surface area contributed by atoms with Crippen LogP contribution >= 0.6 is 0 Å². The van der Waals surface area contributed by atoms with Gasteiger partial charge >= 0.3 is 0 Å². The van der Waals surface area contributed by atoms with Gasteiger partial charge in [-0.25, -0.2) is 0 Å². The predicted octanol–water partition coefficient (Wildman–Crippen LogP) is 3.01. The van der Waals surface area contributed by atoms with Crippen LogP contribution in [-0.2, 0) is 0 Å². The summed E-state index contributed by atoms with van der Waals surface area (Å²) in [5.41, 5.74) is 2.10. The molecule has 0 aromatic carbocycles. The van der Waals surface area contributed by atoms with Gasteiger partial charge in [-0.1, -0.05) is 27.7 Å². The fourth-order valence-electron chi connectivity index (χ4n) is 1.83. The smallest absolute Gasteiger partial charge is 0.0957 e. The van der Waals surface area contributed by atoms with Crippen molar-refractivity contribution < 1.29 is 5.11 Å². The van der Waals surface area contributed by atoms with Gasteiger partial charge in [0.2, 0.25) is 0 Å². The molecule has 0 saturated heterocycles. The Labute approximate surface area is 104 Å². The van der Waals surface area contributed by atoms with Gasteiger partial charge < -0.3 is 10.0 Å². The fourth-order valence-corrected chi connectivity index (χ4v) is 1.83. The molecular formula is C14H24N2O. The van der Waals surface area contributed by atoms with Gasteiger partial charge in [-0.05, 0) is 24.0 Å². The topological polar surface area (TPSA) is 36.4 Å². The van der Waals surface area contributed by atoms with Gasteiger partial charge in [0.1, 0.15) is 0 Å². The molecule has 0 radical (unpaired) electrons. The molecule has 1 N–H and O–H groups in total. The van der Waals surface area contributed by atoms with Crippen LogP contribution in [0.15, 0.2) is 18.3 Å². The van der Waals surface area contributed by atoms with Gasteiger partial charge in [0.25, 0.3) is 0 Å². The van der Waals surface area contributed by atoms with Gasteiger partial charge in [0.05, 0.1) is 23.7 Å². The van der Waals surface area contributed by atoms with Crippen LogP contribution in [0.3, 0.4) is 0 Å². The van der Waals surface area contributed by atoms with Crippen LogP contribution in [0.1, 0.15) is 45.9 Å². The molecule has 0 aliphatic rings. The zero-order chi connectivity index (χ0) is 13.1. The van der Waals surface area contributed by atoms with Crippen molar-refractivity contribution in [2.75, 3.05) is 18.5 Å². The molecule has 3 nitrogen and oxygen atoms in total. The highest BCUT2D eigenvalue weighted by Crippen LogP contribution is 2.21. The second kappa shape index (κ2) is 5.50. The number of hydrogen-bond acceptors (Lipinski definition) is 3. The average Bonchev–Trinajstić information content (AvgIpc) is 2.26. The van der Waals surface area contributed by atoms with Crippen LogP contribution in [0.2, 0.25) is 0 Å². The normalized spacial score (nSPS) is 13.5. The Morgan fingerprint density at radius 3 is 2.41 bits per heavy atom. The summed E-state index contributed by atoms with van der Waals surface area (Å²) in [5, 5.41) is 9.67. The number of aliphatic hydroxyl groups is 1. The lowest BCUT2D eigenvalue weighted by Crippen LogP contribution is -2.29. The third kappa shape index (κ3) is 4.35. The van der Waals surface area contributed by atoms with Gasteiger partial charge in [0.15, 0.2) is 0 Å². The van der Waals surface area contributed by atoms with E-state index in [0.717, 1.165) is 17.9 Å². The van der Waals surface area contributed by atoms with Gasteiger partial charge in [0, 0.05) is 13.6 Å². The van der Waals surface area contributed by atoms with E-state index >= 15 is 0 Å². The van der Waals surface area contributed by atoms with E-state index in [0.29, 0.717) is 6.42 Å². The van der Waals surface area contributed by atoms with Crippen molar-refractivity contribution in [2.24, 2.45) is 5.41 Å². The molecule has 0 fully saturated rings. The van der Waals surface area contributed by atoms with Crippen molar-refractivity contribution >= 4 is 5.69 Å². The van der Waals surface area contributed by atoms with Crippen LogP contribution < -0.4 is 4.90 Å². The molecule has 0 amide bonds. The van der Waals surface area contributed by atoms with Crippen LogP contribution in [0, 0.1) is 5.41 Å². The number of rotatable bonds is 4. The lowest BCUT2D eigenvalue weighted by molar-refractivity contribution is 0.169. The summed E-state index contributed by atoms with van der Waals surface area (Å²) in [5.74, 6) is 0. The molecule has 1 aromatic rings. The number of nitrogens with zero attached hydrogens (tertiary/aromatic N) is 2. The van der Waals surface area contributed by atoms with E-state index < -0.39 is 6.10 Å². The molecule has 96 valence electrons. The first-order valence-electron chi connectivity index (χ1n) is 6.18. The van der Waals surface area contributed by atoms with Crippen molar-refractivity contribution in [1.29, 1.82) is 0 Å². The van der Waals surface area contributed by atoms with Crippen molar-refractivity contribution in [1.82, 2.24) is 4.98 Å². The first-order chi connectivity index (χ1) is 7.83. The third-order valence-electron chi connectivity index (χ3n) is 2.65. The first kappa shape index (κ1) is 14.0. The minimum atomic E-state index is -0.447. The van der Waals surface area contributed by atoms with Gasteiger partial charge in [-0.15, -0.1) is 0 Å². The summed E-state index contributed by atoms with van der Waals surface area (Å²) < 4.78 is 0. The molecule has 1 heterocycles. The van der Waals surface area contributed by atoms with Gasteiger partial charge in [-0.2, -0.15) is 0 Å². The largest absolute Gasteiger partial charge is 0.387 e. The Balaban J connectivity index is 2.74. The number of hydrogen-bond donors (Lipinski definition) is 1.